The third kappa shape index (κ3) is 6.19. The van der Waals surface area contributed by atoms with Crippen molar-refractivity contribution in [2.24, 2.45) is 5.92 Å². The van der Waals surface area contributed by atoms with Gasteiger partial charge in [-0.1, -0.05) is 73.7 Å². The molecule has 1 heterocycles. The highest BCUT2D eigenvalue weighted by atomic mass is 16.1. The molecule has 0 spiro atoms. The van der Waals surface area contributed by atoms with Crippen LogP contribution >= 0.6 is 0 Å². The summed E-state index contributed by atoms with van der Waals surface area (Å²) in [6.07, 6.45) is 5.06. The van der Waals surface area contributed by atoms with Crippen LogP contribution in [0.25, 0.3) is 0 Å². The molecule has 2 aliphatic rings. The first-order valence-corrected chi connectivity index (χ1v) is 13.9. The van der Waals surface area contributed by atoms with Crippen LogP contribution in [0, 0.1) is 5.92 Å². The monoisotopic (exact) mass is 494 g/mol. The van der Waals surface area contributed by atoms with E-state index in [0.717, 1.165) is 50.0 Å². The molecule has 192 valence electrons. The Hall–Kier alpha value is -3.24. The minimum Gasteiger partial charge on any atom is -0.351 e. The van der Waals surface area contributed by atoms with Gasteiger partial charge >= 0.3 is 0 Å². The number of piperidine rings is 1. The van der Waals surface area contributed by atoms with Crippen molar-refractivity contribution in [3.63, 3.8) is 0 Å². The maximum atomic E-state index is 13.3. The van der Waals surface area contributed by atoms with Crippen molar-refractivity contribution < 1.29 is 9.59 Å². The zero-order chi connectivity index (χ0) is 25.6. The number of fused-ring (bicyclic) bond motifs is 1. The van der Waals surface area contributed by atoms with E-state index in [1.165, 1.54) is 24.0 Å². The normalized spacial score (nSPS) is 19.3. The molecule has 4 heteroatoms. The average molecular weight is 495 g/mol. The Labute approximate surface area is 221 Å². The maximum absolute atomic E-state index is 13.3. The molecule has 0 radical (unpaired) electrons. The molecule has 1 fully saturated rings. The van der Waals surface area contributed by atoms with Gasteiger partial charge in [-0.05, 0) is 92.4 Å². The number of carbonyl (C=O) groups is 2. The second kappa shape index (κ2) is 11.9. The van der Waals surface area contributed by atoms with Crippen molar-refractivity contribution >= 4 is 11.7 Å². The molecule has 0 saturated carbocycles. The fourth-order valence-electron chi connectivity index (χ4n) is 5.94. The molecule has 3 aromatic carbocycles. The van der Waals surface area contributed by atoms with Gasteiger partial charge < -0.3 is 10.2 Å². The molecule has 1 unspecified atom stereocenters. The molecule has 37 heavy (non-hydrogen) atoms. The lowest BCUT2D eigenvalue weighted by atomic mass is 9.80. The number of amides is 1. The number of likely N-dealkylation sites (tertiary alicyclic amines) is 1. The summed E-state index contributed by atoms with van der Waals surface area (Å²) in [5, 5.41) is 3.06. The van der Waals surface area contributed by atoms with E-state index in [1.807, 2.05) is 36.4 Å². The third-order valence-corrected chi connectivity index (χ3v) is 8.36. The molecular weight excluding hydrogens is 456 g/mol. The van der Waals surface area contributed by atoms with Crippen LogP contribution in [0.3, 0.4) is 0 Å². The molecule has 0 bridgehead atoms. The SMILES string of the molecule is C[C@@H](CNC(=O)c1ccc2c(c1)CCC(CCN1CCC(c3ccccc3)CC1)C2=O)c1ccccc1. The summed E-state index contributed by atoms with van der Waals surface area (Å²) in [6, 6.07) is 26.7. The lowest BCUT2D eigenvalue weighted by molar-refractivity contribution is 0.0875. The Bertz CT molecular complexity index is 1200. The topological polar surface area (TPSA) is 49.4 Å². The number of Topliss-reactive ketones (excluding diaryl/α,β-unsaturated/α-hetero) is 1. The van der Waals surface area contributed by atoms with E-state index >= 15 is 0 Å². The number of nitrogens with zero attached hydrogens (tertiary/aromatic N) is 1. The van der Waals surface area contributed by atoms with E-state index in [-0.39, 0.29) is 23.5 Å². The highest BCUT2D eigenvalue weighted by Gasteiger charge is 2.29. The summed E-state index contributed by atoms with van der Waals surface area (Å²) in [5.41, 5.74) is 5.15. The molecule has 0 aromatic heterocycles. The molecular formula is C33H38N2O2. The van der Waals surface area contributed by atoms with Gasteiger partial charge in [0.25, 0.3) is 5.91 Å². The van der Waals surface area contributed by atoms with E-state index < -0.39 is 0 Å². The number of rotatable bonds is 8. The predicted molar refractivity (Wildman–Crippen MR) is 149 cm³/mol. The number of benzene rings is 3. The van der Waals surface area contributed by atoms with Crippen LogP contribution in [0.4, 0.5) is 0 Å². The number of carbonyl (C=O) groups excluding carboxylic acids is 2. The summed E-state index contributed by atoms with van der Waals surface area (Å²) in [6.45, 7) is 5.92. The Kier molecular flexibility index (Phi) is 8.15. The molecule has 1 N–H and O–H groups in total. The van der Waals surface area contributed by atoms with Crippen LogP contribution in [-0.4, -0.2) is 42.8 Å². The smallest absolute Gasteiger partial charge is 0.251 e. The number of hydrogen-bond acceptors (Lipinski definition) is 3. The van der Waals surface area contributed by atoms with Gasteiger partial charge in [-0.2, -0.15) is 0 Å². The van der Waals surface area contributed by atoms with Crippen molar-refractivity contribution in [2.75, 3.05) is 26.2 Å². The van der Waals surface area contributed by atoms with Crippen LogP contribution in [0.15, 0.2) is 78.9 Å². The molecule has 1 saturated heterocycles. The minimum absolute atomic E-state index is 0.0703. The van der Waals surface area contributed by atoms with E-state index in [2.05, 4.69) is 59.6 Å². The Morgan fingerprint density at radius 3 is 2.38 bits per heavy atom. The van der Waals surface area contributed by atoms with Crippen LogP contribution in [0.5, 0.6) is 0 Å². The van der Waals surface area contributed by atoms with Crippen molar-refractivity contribution in [3.05, 3.63) is 107 Å². The second-order valence-corrected chi connectivity index (χ2v) is 10.8. The maximum Gasteiger partial charge on any atom is 0.251 e. The number of ketones is 1. The fraction of sp³-hybridized carbons (Fsp3) is 0.394. The summed E-state index contributed by atoms with van der Waals surface area (Å²) in [7, 11) is 0. The molecule has 3 aromatic rings. The quantitative estimate of drug-likeness (QED) is 0.404. The van der Waals surface area contributed by atoms with Crippen LogP contribution in [0.1, 0.15) is 81.8 Å². The van der Waals surface area contributed by atoms with Crippen molar-refractivity contribution in [1.29, 1.82) is 0 Å². The summed E-state index contributed by atoms with van der Waals surface area (Å²) >= 11 is 0. The highest BCUT2D eigenvalue weighted by Crippen LogP contribution is 2.31. The van der Waals surface area contributed by atoms with Gasteiger partial charge in [-0.3, -0.25) is 9.59 Å². The first-order chi connectivity index (χ1) is 18.1. The molecule has 1 aliphatic carbocycles. The van der Waals surface area contributed by atoms with E-state index in [0.29, 0.717) is 18.0 Å². The van der Waals surface area contributed by atoms with Crippen molar-refractivity contribution in [2.45, 2.75) is 50.9 Å². The fourth-order valence-corrected chi connectivity index (χ4v) is 5.94. The van der Waals surface area contributed by atoms with Gasteiger partial charge in [0.2, 0.25) is 0 Å². The standard InChI is InChI=1S/C33H38N2O2/c1-24(25-8-4-2-5-9-25)23-34-33(37)30-14-15-31-29(22-30)13-12-28(32(31)36)18-21-35-19-16-27(17-20-35)26-10-6-3-7-11-26/h2-11,14-15,22,24,27-28H,12-13,16-21,23H2,1H3,(H,34,37)/t24-,28?/m0/s1. The van der Waals surface area contributed by atoms with Gasteiger partial charge in [0.05, 0.1) is 0 Å². The number of aryl methyl sites for hydroxylation is 1. The van der Waals surface area contributed by atoms with Gasteiger partial charge in [0.1, 0.15) is 0 Å². The van der Waals surface area contributed by atoms with Gasteiger partial charge in [0, 0.05) is 23.6 Å². The van der Waals surface area contributed by atoms with Gasteiger partial charge in [-0.15, -0.1) is 0 Å². The molecule has 1 aliphatic heterocycles. The first-order valence-electron chi connectivity index (χ1n) is 13.9. The number of nitrogens with one attached hydrogen (secondary N) is 1. The van der Waals surface area contributed by atoms with E-state index in [9.17, 15) is 9.59 Å². The third-order valence-electron chi connectivity index (χ3n) is 8.36. The van der Waals surface area contributed by atoms with Crippen LogP contribution in [-0.2, 0) is 6.42 Å². The van der Waals surface area contributed by atoms with Crippen molar-refractivity contribution in [3.8, 4) is 0 Å². The Morgan fingerprint density at radius 2 is 1.65 bits per heavy atom. The van der Waals surface area contributed by atoms with Crippen LogP contribution in [0.2, 0.25) is 0 Å². The van der Waals surface area contributed by atoms with Crippen LogP contribution < -0.4 is 5.32 Å². The number of hydrogen-bond donors (Lipinski definition) is 1. The molecule has 1 amide bonds. The Morgan fingerprint density at radius 1 is 0.946 bits per heavy atom. The summed E-state index contributed by atoms with van der Waals surface area (Å²) < 4.78 is 0. The summed E-state index contributed by atoms with van der Waals surface area (Å²) in [5.74, 6) is 1.18. The minimum atomic E-state index is -0.0703. The van der Waals surface area contributed by atoms with Crippen molar-refractivity contribution in [1.82, 2.24) is 10.2 Å². The molecule has 5 rings (SSSR count). The lowest BCUT2D eigenvalue weighted by Gasteiger charge is -2.33. The zero-order valence-electron chi connectivity index (χ0n) is 21.9. The summed E-state index contributed by atoms with van der Waals surface area (Å²) in [4.78, 5) is 28.6. The Balaban J connectivity index is 1.11. The predicted octanol–water partition coefficient (Wildman–Crippen LogP) is 6.23. The second-order valence-electron chi connectivity index (χ2n) is 10.8. The van der Waals surface area contributed by atoms with E-state index in [1.54, 1.807) is 0 Å². The molecule has 4 nitrogen and oxygen atoms in total. The highest BCUT2D eigenvalue weighted by molar-refractivity contribution is 6.02. The first kappa shape index (κ1) is 25.4. The van der Waals surface area contributed by atoms with Gasteiger partial charge in [0.15, 0.2) is 5.78 Å². The molecule has 2 atom stereocenters. The largest absolute Gasteiger partial charge is 0.351 e. The average Bonchev–Trinajstić information content (AvgIpc) is 2.96. The van der Waals surface area contributed by atoms with Gasteiger partial charge in [-0.25, -0.2) is 0 Å². The lowest BCUT2D eigenvalue weighted by Crippen LogP contribution is -2.36. The van der Waals surface area contributed by atoms with E-state index in [4.69, 9.17) is 0 Å². The zero-order valence-corrected chi connectivity index (χ0v) is 21.9.